The summed E-state index contributed by atoms with van der Waals surface area (Å²) in [6, 6.07) is 5.04. The van der Waals surface area contributed by atoms with Crippen molar-refractivity contribution >= 4 is 28.1 Å². The highest BCUT2D eigenvalue weighted by Crippen LogP contribution is 2.25. The lowest BCUT2D eigenvalue weighted by molar-refractivity contribution is 0.102. The maximum Gasteiger partial charge on any atom is 0.263 e. The van der Waals surface area contributed by atoms with Gasteiger partial charge < -0.3 is 10.5 Å². The summed E-state index contributed by atoms with van der Waals surface area (Å²) in [5.74, 6) is 0.0647. The predicted molar refractivity (Wildman–Crippen MR) is 70.0 cm³/mol. The second-order valence-electron chi connectivity index (χ2n) is 3.50. The lowest BCUT2D eigenvalue weighted by atomic mass is 10.1. The summed E-state index contributed by atoms with van der Waals surface area (Å²) in [6.07, 6.45) is 0. The summed E-state index contributed by atoms with van der Waals surface area (Å²) in [5, 5.41) is 11.5. The highest BCUT2D eigenvalue weighted by atomic mass is 32.1. The minimum Gasteiger partial charge on any atom is -0.496 e. The lowest BCUT2D eigenvalue weighted by Crippen LogP contribution is -2.15. The van der Waals surface area contributed by atoms with Crippen LogP contribution < -0.4 is 15.8 Å². The summed E-state index contributed by atoms with van der Waals surface area (Å²) in [6.45, 7) is 1.81. The molecule has 0 aliphatic carbocycles. The monoisotopic (exact) mass is 264 g/mol. The van der Waals surface area contributed by atoms with E-state index in [4.69, 9.17) is 10.5 Å². The number of nitrogens with one attached hydrogen (secondary N) is 1. The molecule has 0 spiro atoms. The fourth-order valence-corrected chi connectivity index (χ4v) is 2.05. The molecule has 0 atom stereocenters. The zero-order valence-corrected chi connectivity index (χ0v) is 10.7. The van der Waals surface area contributed by atoms with E-state index in [1.807, 2.05) is 6.92 Å². The van der Waals surface area contributed by atoms with Crippen molar-refractivity contribution in [2.75, 3.05) is 18.2 Å². The minimum atomic E-state index is -0.360. The van der Waals surface area contributed by atoms with Gasteiger partial charge in [0.15, 0.2) is 0 Å². The average molecular weight is 264 g/mol. The molecule has 94 valence electrons. The van der Waals surface area contributed by atoms with E-state index in [9.17, 15) is 4.79 Å². The van der Waals surface area contributed by atoms with Crippen LogP contribution in [0.4, 0.5) is 10.8 Å². The number of hydrogen-bond donors (Lipinski definition) is 2. The number of carbonyl (C=O) groups is 1. The molecule has 2 aromatic rings. The number of rotatable bonds is 3. The Kier molecular flexibility index (Phi) is 3.42. The first kappa shape index (κ1) is 12.3. The number of methoxy groups -OCH3 is 1. The van der Waals surface area contributed by atoms with Gasteiger partial charge in [0.1, 0.15) is 16.3 Å². The van der Waals surface area contributed by atoms with Crippen LogP contribution in [-0.2, 0) is 0 Å². The third-order valence-electron chi connectivity index (χ3n) is 2.25. The Hall–Kier alpha value is -2.15. The maximum atomic E-state index is 12.1. The van der Waals surface area contributed by atoms with Crippen LogP contribution in [0, 0.1) is 6.92 Å². The van der Waals surface area contributed by atoms with E-state index >= 15 is 0 Å². The fourth-order valence-electron chi connectivity index (χ4n) is 1.47. The third kappa shape index (κ3) is 2.40. The van der Waals surface area contributed by atoms with Crippen LogP contribution >= 0.6 is 11.3 Å². The SMILES string of the molecule is COc1cccc(N)c1C(=O)Nc1nnc(C)s1. The first-order valence-electron chi connectivity index (χ1n) is 5.15. The van der Waals surface area contributed by atoms with Crippen molar-refractivity contribution in [3.8, 4) is 5.75 Å². The second kappa shape index (κ2) is 5.01. The molecule has 1 aromatic carbocycles. The molecule has 2 rings (SSSR count). The quantitative estimate of drug-likeness (QED) is 0.823. The van der Waals surface area contributed by atoms with E-state index < -0.39 is 0 Å². The number of aromatic nitrogens is 2. The average Bonchev–Trinajstić information content (AvgIpc) is 2.74. The molecular weight excluding hydrogens is 252 g/mol. The summed E-state index contributed by atoms with van der Waals surface area (Å²) in [4.78, 5) is 12.1. The normalized spacial score (nSPS) is 10.1. The Bertz CT molecular complexity index is 582. The van der Waals surface area contributed by atoms with E-state index in [1.54, 1.807) is 18.2 Å². The van der Waals surface area contributed by atoms with Gasteiger partial charge in [0.05, 0.1) is 7.11 Å². The van der Waals surface area contributed by atoms with Crippen molar-refractivity contribution in [2.45, 2.75) is 6.92 Å². The Morgan fingerprint density at radius 2 is 2.22 bits per heavy atom. The smallest absolute Gasteiger partial charge is 0.263 e. The number of carbonyl (C=O) groups excluding carboxylic acids is 1. The second-order valence-corrected chi connectivity index (χ2v) is 4.69. The molecule has 1 heterocycles. The van der Waals surface area contributed by atoms with E-state index in [0.29, 0.717) is 22.1 Å². The molecule has 0 bridgehead atoms. The standard InChI is InChI=1S/C11H12N4O2S/c1-6-14-15-11(18-6)13-10(16)9-7(12)4-3-5-8(9)17-2/h3-5H,12H2,1-2H3,(H,13,15,16). The van der Waals surface area contributed by atoms with E-state index in [0.717, 1.165) is 5.01 Å². The van der Waals surface area contributed by atoms with Gasteiger partial charge in [-0.3, -0.25) is 10.1 Å². The molecule has 0 radical (unpaired) electrons. The summed E-state index contributed by atoms with van der Waals surface area (Å²) in [5.41, 5.74) is 6.44. The number of anilines is 2. The Morgan fingerprint density at radius 3 is 2.83 bits per heavy atom. The lowest BCUT2D eigenvalue weighted by Gasteiger charge is -2.09. The van der Waals surface area contributed by atoms with Crippen LogP contribution in [-0.4, -0.2) is 23.2 Å². The number of nitrogens with two attached hydrogens (primary N) is 1. The molecule has 1 aromatic heterocycles. The van der Waals surface area contributed by atoms with Gasteiger partial charge in [-0.2, -0.15) is 0 Å². The fraction of sp³-hybridized carbons (Fsp3) is 0.182. The van der Waals surface area contributed by atoms with Crippen molar-refractivity contribution in [1.82, 2.24) is 10.2 Å². The molecule has 0 aliphatic heterocycles. The minimum absolute atomic E-state index is 0.299. The first-order chi connectivity index (χ1) is 8.61. The molecule has 1 amide bonds. The van der Waals surface area contributed by atoms with Gasteiger partial charge in [-0.25, -0.2) is 0 Å². The highest BCUT2D eigenvalue weighted by Gasteiger charge is 2.17. The van der Waals surface area contributed by atoms with Crippen LogP contribution in [0.2, 0.25) is 0 Å². The van der Waals surface area contributed by atoms with Gasteiger partial charge in [0.25, 0.3) is 5.91 Å². The van der Waals surface area contributed by atoms with Crippen molar-refractivity contribution in [3.05, 3.63) is 28.8 Å². The molecule has 0 saturated carbocycles. The number of amides is 1. The molecular formula is C11H12N4O2S. The molecule has 0 aliphatic rings. The number of ether oxygens (including phenoxy) is 1. The van der Waals surface area contributed by atoms with Crippen molar-refractivity contribution in [3.63, 3.8) is 0 Å². The Labute approximate surface area is 108 Å². The van der Waals surface area contributed by atoms with E-state index in [2.05, 4.69) is 15.5 Å². The summed E-state index contributed by atoms with van der Waals surface area (Å²) >= 11 is 1.29. The van der Waals surface area contributed by atoms with E-state index in [-0.39, 0.29) is 5.91 Å². The molecule has 0 unspecified atom stereocenters. The number of aryl methyl sites for hydroxylation is 1. The molecule has 18 heavy (non-hydrogen) atoms. The predicted octanol–water partition coefficient (Wildman–Crippen LogP) is 1.69. The third-order valence-corrected chi connectivity index (χ3v) is 3.01. The van der Waals surface area contributed by atoms with Gasteiger partial charge in [-0.1, -0.05) is 17.4 Å². The largest absolute Gasteiger partial charge is 0.496 e. The van der Waals surface area contributed by atoms with Crippen molar-refractivity contribution in [1.29, 1.82) is 0 Å². The molecule has 0 saturated heterocycles. The number of nitrogen functional groups attached to an aromatic ring is 1. The number of nitrogens with zero attached hydrogens (tertiary/aromatic N) is 2. The van der Waals surface area contributed by atoms with Crippen LogP contribution in [0.3, 0.4) is 0 Å². The van der Waals surface area contributed by atoms with Gasteiger partial charge in [0.2, 0.25) is 5.13 Å². The van der Waals surface area contributed by atoms with Crippen molar-refractivity contribution in [2.24, 2.45) is 0 Å². The molecule has 0 fully saturated rings. The Morgan fingerprint density at radius 1 is 1.44 bits per heavy atom. The Balaban J connectivity index is 2.28. The molecule has 6 nitrogen and oxygen atoms in total. The number of hydrogen-bond acceptors (Lipinski definition) is 6. The van der Waals surface area contributed by atoms with Crippen LogP contribution in [0.1, 0.15) is 15.4 Å². The van der Waals surface area contributed by atoms with Crippen molar-refractivity contribution < 1.29 is 9.53 Å². The molecule has 7 heteroatoms. The number of benzene rings is 1. The summed E-state index contributed by atoms with van der Waals surface area (Å²) < 4.78 is 5.12. The summed E-state index contributed by atoms with van der Waals surface area (Å²) in [7, 11) is 1.49. The molecule has 3 N–H and O–H groups in total. The van der Waals surface area contributed by atoms with Crippen LogP contribution in [0.25, 0.3) is 0 Å². The zero-order valence-electron chi connectivity index (χ0n) is 9.93. The van der Waals surface area contributed by atoms with Gasteiger partial charge in [0, 0.05) is 5.69 Å². The maximum absolute atomic E-state index is 12.1. The van der Waals surface area contributed by atoms with Gasteiger partial charge in [-0.15, -0.1) is 10.2 Å². The van der Waals surface area contributed by atoms with E-state index in [1.165, 1.54) is 18.4 Å². The first-order valence-corrected chi connectivity index (χ1v) is 5.97. The van der Waals surface area contributed by atoms with Gasteiger partial charge >= 0.3 is 0 Å². The van der Waals surface area contributed by atoms with Crippen LogP contribution in [0.5, 0.6) is 5.75 Å². The van der Waals surface area contributed by atoms with Gasteiger partial charge in [-0.05, 0) is 19.1 Å². The highest BCUT2D eigenvalue weighted by molar-refractivity contribution is 7.15. The zero-order chi connectivity index (χ0) is 13.1. The van der Waals surface area contributed by atoms with Crippen LogP contribution in [0.15, 0.2) is 18.2 Å². The topological polar surface area (TPSA) is 90.1 Å².